The van der Waals surface area contributed by atoms with Gasteiger partial charge in [-0.25, -0.2) is 9.78 Å². The molecule has 2 amide bonds. The number of aromatic nitrogens is 1. The number of hydrogen-bond acceptors (Lipinski definition) is 5. The molecule has 0 aliphatic rings. The van der Waals surface area contributed by atoms with Crippen LogP contribution < -0.4 is 10.6 Å². The second-order valence-corrected chi connectivity index (χ2v) is 4.29. The minimum atomic E-state index is -1.19. The highest BCUT2D eigenvalue weighted by molar-refractivity contribution is 7.11. The number of nitrogens with one attached hydrogen (secondary N) is 2. The Hall–Kier alpha value is -1.96. The lowest BCUT2D eigenvalue weighted by Gasteiger charge is -2.11. The summed E-state index contributed by atoms with van der Waals surface area (Å²) < 4.78 is 0. The molecule has 8 heteroatoms. The largest absolute Gasteiger partial charge is 0.476 e. The van der Waals surface area contributed by atoms with E-state index < -0.39 is 17.9 Å². The van der Waals surface area contributed by atoms with Gasteiger partial charge in [0.05, 0.1) is 0 Å². The summed E-state index contributed by atoms with van der Waals surface area (Å²) in [7, 11) is 0. The van der Waals surface area contributed by atoms with Gasteiger partial charge >= 0.3 is 5.97 Å². The molecule has 0 fully saturated rings. The van der Waals surface area contributed by atoms with Crippen molar-refractivity contribution in [1.82, 2.24) is 15.6 Å². The zero-order valence-electron chi connectivity index (χ0n) is 9.89. The lowest BCUT2D eigenvalue weighted by Crippen LogP contribution is -2.44. The standard InChI is InChI=1S/C10H13N3O4S/c1-3-11-7(14)5(2)12-8(15)9-13-6(4-18-9)10(16)17/h4-5H,3H2,1-2H3,(H,11,14)(H,12,15)(H,16,17). The van der Waals surface area contributed by atoms with E-state index >= 15 is 0 Å². The monoisotopic (exact) mass is 271 g/mol. The number of aromatic carboxylic acids is 1. The lowest BCUT2D eigenvalue weighted by molar-refractivity contribution is -0.122. The van der Waals surface area contributed by atoms with Gasteiger partial charge in [-0.05, 0) is 13.8 Å². The molecule has 18 heavy (non-hydrogen) atoms. The smallest absolute Gasteiger partial charge is 0.355 e. The molecule has 0 saturated heterocycles. The van der Waals surface area contributed by atoms with Crippen molar-refractivity contribution in [3.05, 3.63) is 16.1 Å². The molecule has 1 aromatic heterocycles. The Kier molecular flexibility index (Phi) is 4.78. The number of carboxylic acid groups (broad SMARTS) is 1. The predicted octanol–water partition coefficient (Wildman–Crippen LogP) is 0.0957. The quantitative estimate of drug-likeness (QED) is 0.703. The molecule has 1 atom stereocenters. The van der Waals surface area contributed by atoms with Crippen LogP contribution in [0.25, 0.3) is 0 Å². The van der Waals surface area contributed by atoms with E-state index in [1.54, 1.807) is 6.92 Å². The van der Waals surface area contributed by atoms with Crippen LogP contribution in [0, 0.1) is 0 Å². The third-order valence-corrected chi connectivity index (χ3v) is 2.85. The number of thiazole rings is 1. The van der Waals surface area contributed by atoms with E-state index in [0.717, 1.165) is 11.3 Å². The summed E-state index contributed by atoms with van der Waals surface area (Å²) in [6.45, 7) is 3.78. The normalized spacial score (nSPS) is 11.7. The summed E-state index contributed by atoms with van der Waals surface area (Å²) in [5.41, 5.74) is -0.184. The summed E-state index contributed by atoms with van der Waals surface area (Å²) in [6, 6.07) is -0.699. The molecule has 3 N–H and O–H groups in total. The number of amides is 2. The van der Waals surface area contributed by atoms with Gasteiger partial charge in [-0.2, -0.15) is 0 Å². The Bertz CT molecular complexity index is 471. The van der Waals surface area contributed by atoms with Gasteiger partial charge in [0.15, 0.2) is 10.7 Å². The third kappa shape index (κ3) is 3.52. The van der Waals surface area contributed by atoms with Crippen molar-refractivity contribution in [2.24, 2.45) is 0 Å². The maximum Gasteiger partial charge on any atom is 0.355 e. The van der Waals surface area contributed by atoms with E-state index in [4.69, 9.17) is 5.11 Å². The van der Waals surface area contributed by atoms with Gasteiger partial charge in [-0.15, -0.1) is 11.3 Å². The van der Waals surface area contributed by atoms with Crippen molar-refractivity contribution >= 4 is 29.1 Å². The van der Waals surface area contributed by atoms with Gasteiger partial charge in [0.1, 0.15) is 6.04 Å². The summed E-state index contributed by atoms with van der Waals surface area (Å²) >= 11 is 0.917. The Labute approximate surface area is 107 Å². The lowest BCUT2D eigenvalue weighted by atomic mass is 10.3. The second-order valence-electron chi connectivity index (χ2n) is 3.43. The Morgan fingerprint density at radius 2 is 2.17 bits per heavy atom. The van der Waals surface area contributed by atoms with E-state index in [2.05, 4.69) is 15.6 Å². The Morgan fingerprint density at radius 3 is 2.67 bits per heavy atom. The van der Waals surface area contributed by atoms with Gasteiger partial charge in [-0.3, -0.25) is 9.59 Å². The van der Waals surface area contributed by atoms with Crippen molar-refractivity contribution < 1.29 is 19.5 Å². The molecule has 0 saturated carbocycles. The first kappa shape index (κ1) is 14.1. The van der Waals surface area contributed by atoms with Crippen LogP contribution in [0.15, 0.2) is 5.38 Å². The maximum atomic E-state index is 11.7. The number of hydrogen-bond donors (Lipinski definition) is 3. The van der Waals surface area contributed by atoms with E-state index in [-0.39, 0.29) is 16.6 Å². The van der Waals surface area contributed by atoms with Crippen LogP contribution >= 0.6 is 11.3 Å². The molecule has 98 valence electrons. The molecule has 0 aliphatic heterocycles. The van der Waals surface area contributed by atoms with Crippen molar-refractivity contribution in [3.8, 4) is 0 Å². The SMILES string of the molecule is CCNC(=O)C(C)NC(=O)c1nc(C(=O)O)cs1. The van der Waals surface area contributed by atoms with Crippen molar-refractivity contribution in [1.29, 1.82) is 0 Å². The molecule has 0 bridgehead atoms. The van der Waals surface area contributed by atoms with Crippen LogP contribution in [0.4, 0.5) is 0 Å². The molecule has 1 heterocycles. The minimum absolute atomic E-state index is 0.0172. The fraction of sp³-hybridized carbons (Fsp3) is 0.400. The van der Waals surface area contributed by atoms with Gasteiger partial charge in [0.2, 0.25) is 5.91 Å². The zero-order valence-corrected chi connectivity index (χ0v) is 10.7. The third-order valence-electron chi connectivity index (χ3n) is 2.01. The highest BCUT2D eigenvalue weighted by Gasteiger charge is 2.19. The molecule has 0 radical (unpaired) electrons. The fourth-order valence-electron chi connectivity index (χ4n) is 1.13. The average molecular weight is 271 g/mol. The van der Waals surface area contributed by atoms with Crippen LogP contribution in [0.2, 0.25) is 0 Å². The first-order valence-electron chi connectivity index (χ1n) is 5.23. The Balaban J connectivity index is 2.64. The van der Waals surface area contributed by atoms with E-state index in [0.29, 0.717) is 6.54 Å². The molecular formula is C10H13N3O4S. The number of nitrogens with zero attached hydrogens (tertiary/aromatic N) is 1. The first-order valence-corrected chi connectivity index (χ1v) is 6.11. The number of rotatable bonds is 5. The summed E-state index contributed by atoms with van der Waals surface area (Å²) in [5, 5.41) is 15.0. The Morgan fingerprint density at radius 1 is 1.50 bits per heavy atom. The molecule has 0 spiro atoms. The van der Waals surface area contributed by atoms with Gasteiger partial charge < -0.3 is 15.7 Å². The van der Waals surface area contributed by atoms with Crippen molar-refractivity contribution in [2.45, 2.75) is 19.9 Å². The fourth-order valence-corrected chi connectivity index (χ4v) is 1.82. The van der Waals surface area contributed by atoms with Crippen LogP contribution in [0.3, 0.4) is 0 Å². The number of likely N-dealkylation sites (N-methyl/N-ethyl adjacent to an activating group) is 1. The van der Waals surface area contributed by atoms with Crippen LogP contribution in [0.1, 0.15) is 34.1 Å². The highest BCUT2D eigenvalue weighted by Crippen LogP contribution is 2.09. The summed E-state index contributed by atoms with van der Waals surface area (Å²) in [6.07, 6.45) is 0. The predicted molar refractivity (Wildman–Crippen MR) is 64.7 cm³/mol. The number of carbonyl (C=O) groups is 3. The maximum absolute atomic E-state index is 11.7. The van der Waals surface area contributed by atoms with Crippen molar-refractivity contribution in [2.75, 3.05) is 6.54 Å². The molecular weight excluding hydrogens is 258 g/mol. The van der Waals surface area contributed by atoms with Crippen molar-refractivity contribution in [3.63, 3.8) is 0 Å². The van der Waals surface area contributed by atoms with Crippen LogP contribution in [-0.2, 0) is 4.79 Å². The summed E-state index contributed by atoms with van der Waals surface area (Å²) in [5.74, 6) is -2.06. The van der Waals surface area contributed by atoms with Gasteiger partial charge in [-0.1, -0.05) is 0 Å². The van der Waals surface area contributed by atoms with E-state index in [1.165, 1.54) is 12.3 Å². The highest BCUT2D eigenvalue weighted by atomic mass is 32.1. The molecule has 1 aromatic rings. The topological polar surface area (TPSA) is 108 Å². The van der Waals surface area contributed by atoms with Crippen LogP contribution in [-0.4, -0.2) is 40.5 Å². The molecule has 1 unspecified atom stereocenters. The second kappa shape index (κ2) is 6.10. The molecule has 7 nitrogen and oxygen atoms in total. The number of carbonyl (C=O) groups excluding carboxylic acids is 2. The molecule has 0 aromatic carbocycles. The average Bonchev–Trinajstić information content (AvgIpc) is 2.78. The van der Waals surface area contributed by atoms with Gasteiger partial charge in [0, 0.05) is 11.9 Å². The number of carboxylic acids is 1. The zero-order chi connectivity index (χ0) is 13.7. The van der Waals surface area contributed by atoms with E-state index in [1.807, 2.05) is 0 Å². The minimum Gasteiger partial charge on any atom is -0.476 e. The van der Waals surface area contributed by atoms with E-state index in [9.17, 15) is 14.4 Å². The first-order chi connectivity index (χ1) is 8.45. The molecule has 0 aliphatic carbocycles. The summed E-state index contributed by atoms with van der Waals surface area (Å²) in [4.78, 5) is 37.3. The molecule has 1 rings (SSSR count). The van der Waals surface area contributed by atoms with Crippen LogP contribution in [0.5, 0.6) is 0 Å². The van der Waals surface area contributed by atoms with Gasteiger partial charge in [0.25, 0.3) is 5.91 Å².